The maximum absolute atomic E-state index is 4.88. The summed E-state index contributed by atoms with van der Waals surface area (Å²) in [6.07, 6.45) is 5.37. The van der Waals surface area contributed by atoms with Crippen LogP contribution < -0.4 is 0 Å². The van der Waals surface area contributed by atoms with E-state index >= 15 is 0 Å². The number of thiazole rings is 1. The van der Waals surface area contributed by atoms with Crippen molar-refractivity contribution in [1.29, 1.82) is 0 Å². The molecule has 1 saturated carbocycles. The van der Waals surface area contributed by atoms with Crippen LogP contribution in [0, 0.1) is 5.92 Å². The fraction of sp³-hybridized carbons (Fsp3) is 0.786. The van der Waals surface area contributed by atoms with E-state index in [2.05, 4.69) is 24.5 Å². The smallest absolute Gasteiger partial charge is 0.107 e. The molecule has 0 amide bonds. The van der Waals surface area contributed by atoms with Gasteiger partial charge in [-0.1, -0.05) is 6.92 Å². The highest BCUT2D eigenvalue weighted by atomic mass is 32.1. The Morgan fingerprint density at radius 1 is 1.28 bits per heavy atom. The summed E-state index contributed by atoms with van der Waals surface area (Å²) in [6.45, 7) is 5.92. The van der Waals surface area contributed by atoms with E-state index in [4.69, 9.17) is 4.98 Å². The Morgan fingerprint density at radius 3 is 2.61 bits per heavy atom. The van der Waals surface area contributed by atoms with E-state index in [1.54, 1.807) is 0 Å². The number of hydrogen-bond acceptors (Lipinski definition) is 4. The lowest BCUT2D eigenvalue weighted by Crippen LogP contribution is -2.32. The minimum Gasteiger partial charge on any atom is -0.297 e. The van der Waals surface area contributed by atoms with Gasteiger partial charge in [0.1, 0.15) is 5.01 Å². The monoisotopic (exact) mass is 282 g/mol. The molecule has 18 heavy (non-hydrogen) atoms. The zero-order chi connectivity index (χ0) is 12.5. The number of rotatable bonds is 4. The summed E-state index contributed by atoms with van der Waals surface area (Å²) in [4.78, 5) is 8.87. The lowest BCUT2D eigenvalue weighted by molar-refractivity contribution is 0.185. The standard InChI is InChI=1S/C14H22N2S2/c1-10-4-6-16(7-5-10)8-13-15-14(11-2-3-11)12(9-17)18-13/h10-11,17H,2-9H2,1H3. The summed E-state index contributed by atoms with van der Waals surface area (Å²) in [7, 11) is 0. The van der Waals surface area contributed by atoms with Gasteiger partial charge in [-0.3, -0.25) is 4.90 Å². The molecule has 2 heterocycles. The summed E-state index contributed by atoms with van der Waals surface area (Å²) < 4.78 is 0. The number of thiol groups is 1. The second-order valence-corrected chi connectivity index (χ2v) is 7.29. The first kappa shape index (κ1) is 12.9. The highest BCUT2D eigenvalue weighted by molar-refractivity contribution is 7.79. The molecule has 1 aromatic rings. The van der Waals surface area contributed by atoms with Crippen LogP contribution in [0.25, 0.3) is 0 Å². The molecule has 0 atom stereocenters. The number of hydrogen-bond donors (Lipinski definition) is 1. The van der Waals surface area contributed by atoms with Crippen molar-refractivity contribution in [3.05, 3.63) is 15.6 Å². The molecule has 0 radical (unpaired) electrons. The first-order valence-electron chi connectivity index (χ1n) is 7.08. The minimum absolute atomic E-state index is 0.763. The Morgan fingerprint density at radius 2 is 2.00 bits per heavy atom. The van der Waals surface area contributed by atoms with Gasteiger partial charge in [-0.15, -0.1) is 11.3 Å². The molecule has 0 bridgehead atoms. The highest BCUT2D eigenvalue weighted by Crippen LogP contribution is 2.43. The van der Waals surface area contributed by atoms with E-state index in [9.17, 15) is 0 Å². The third-order valence-electron chi connectivity index (χ3n) is 4.11. The van der Waals surface area contributed by atoms with Crippen molar-refractivity contribution < 1.29 is 0 Å². The highest BCUT2D eigenvalue weighted by Gasteiger charge is 2.29. The van der Waals surface area contributed by atoms with Gasteiger partial charge in [0.25, 0.3) is 0 Å². The fourth-order valence-electron chi connectivity index (χ4n) is 2.68. The fourth-order valence-corrected chi connectivity index (χ4v) is 4.09. The number of aromatic nitrogens is 1. The topological polar surface area (TPSA) is 16.1 Å². The lowest BCUT2D eigenvalue weighted by Gasteiger charge is -2.29. The molecule has 2 aliphatic rings. The van der Waals surface area contributed by atoms with Crippen LogP contribution in [0.15, 0.2) is 0 Å². The van der Waals surface area contributed by atoms with Crippen LogP contribution in [0.2, 0.25) is 0 Å². The average Bonchev–Trinajstić information content (AvgIpc) is 3.14. The number of nitrogens with zero attached hydrogens (tertiary/aromatic N) is 2. The van der Waals surface area contributed by atoms with Gasteiger partial charge >= 0.3 is 0 Å². The zero-order valence-electron chi connectivity index (χ0n) is 11.1. The predicted molar refractivity (Wildman–Crippen MR) is 80.5 cm³/mol. The first-order valence-corrected chi connectivity index (χ1v) is 8.53. The summed E-state index contributed by atoms with van der Waals surface area (Å²) in [5.41, 5.74) is 1.37. The molecule has 3 rings (SSSR count). The Bertz CT molecular complexity index is 404. The first-order chi connectivity index (χ1) is 8.76. The van der Waals surface area contributed by atoms with Gasteiger partial charge in [0.05, 0.1) is 12.2 Å². The van der Waals surface area contributed by atoms with Gasteiger partial charge in [-0.2, -0.15) is 12.6 Å². The molecule has 2 nitrogen and oxygen atoms in total. The largest absolute Gasteiger partial charge is 0.297 e. The Balaban J connectivity index is 1.65. The number of piperidine rings is 1. The van der Waals surface area contributed by atoms with Crippen molar-refractivity contribution in [2.45, 2.75) is 50.8 Å². The van der Waals surface area contributed by atoms with Crippen LogP contribution in [-0.2, 0) is 12.3 Å². The zero-order valence-corrected chi connectivity index (χ0v) is 12.8. The third kappa shape index (κ3) is 2.91. The summed E-state index contributed by atoms with van der Waals surface area (Å²) in [5, 5.41) is 1.32. The van der Waals surface area contributed by atoms with Crippen LogP contribution in [0.4, 0.5) is 0 Å². The molecule has 4 heteroatoms. The molecule has 100 valence electrons. The van der Waals surface area contributed by atoms with E-state index < -0.39 is 0 Å². The van der Waals surface area contributed by atoms with E-state index in [0.717, 1.165) is 24.1 Å². The van der Waals surface area contributed by atoms with Crippen LogP contribution in [0.3, 0.4) is 0 Å². The lowest BCUT2D eigenvalue weighted by atomic mass is 9.99. The average molecular weight is 282 g/mol. The summed E-state index contributed by atoms with van der Waals surface area (Å²) >= 11 is 6.34. The molecule has 2 fully saturated rings. The normalized spacial score (nSPS) is 22.6. The molecule has 0 spiro atoms. The Hall–Kier alpha value is -0.0600. The summed E-state index contributed by atoms with van der Waals surface area (Å²) in [6, 6.07) is 0. The maximum atomic E-state index is 4.88. The van der Waals surface area contributed by atoms with Gasteiger partial charge in [-0.05, 0) is 44.7 Å². The molecule has 0 N–H and O–H groups in total. The van der Waals surface area contributed by atoms with E-state index in [1.165, 1.54) is 54.4 Å². The molecular weight excluding hydrogens is 260 g/mol. The van der Waals surface area contributed by atoms with Gasteiger partial charge in [0, 0.05) is 16.5 Å². The SMILES string of the molecule is CC1CCN(Cc2nc(C3CC3)c(CS)s2)CC1. The molecule has 1 aliphatic carbocycles. The van der Waals surface area contributed by atoms with Crippen molar-refractivity contribution in [3.63, 3.8) is 0 Å². The molecule has 0 aromatic carbocycles. The molecule has 1 aromatic heterocycles. The predicted octanol–water partition coefficient (Wildman–Crippen LogP) is 3.68. The molecule has 1 saturated heterocycles. The number of likely N-dealkylation sites (tertiary alicyclic amines) is 1. The van der Waals surface area contributed by atoms with E-state index in [0.29, 0.717) is 0 Å². The summed E-state index contributed by atoms with van der Waals surface area (Å²) in [5.74, 6) is 2.53. The Labute approximate surface area is 119 Å². The van der Waals surface area contributed by atoms with Crippen molar-refractivity contribution >= 4 is 24.0 Å². The third-order valence-corrected chi connectivity index (χ3v) is 5.70. The van der Waals surface area contributed by atoms with Gasteiger partial charge in [-0.25, -0.2) is 4.98 Å². The van der Waals surface area contributed by atoms with E-state index in [1.807, 2.05) is 11.3 Å². The quantitative estimate of drug-likeness (QED) is 0.848. The van der Waals surface area contributed by atoms with Crippen molar-refractivity contribution in [1.82, 2.24) is 9.88 Å². The van der Waals surface area contributed by atoms with Crippen LogP contribution in [-0.4, -0.2) is 23.0 Å². The second kappa shape index (κ2) is 5.51. The van der Waals surface area contributed by atoms with Crippen LogP contribution in [0.1, 0.15) is 54.1 Å². The molecular formula is C14H22N2S2. The van der Waals surface area contributed by atoms with E-state index in [-0.39, 0.29) is 0 Å². The Kier molecular flexibility index (Phi) is 3.97. The van der Waals surface area contributed by atoms with Gasteiger partial charge < -0.3 is 0 Å². The van der Waals surface area contributed by atoms with Crippen LogP contribution >= 0.6 is 24.0 Å². The van der Waals surface area contributed by atoms with Gasteiger partial charge in [0.2, 0.25) is 0 Å². The minimum atomic E-state index is 0.763. The molecule has 0 unspecified atom stereocenters. The van der Waals surface area contributed by atoms with Crippen molar-refractivity contribution in [2.24, 2.45) is 5.92 Å². The maximum Gasteiger partial charge on any atom is 0.107 e. The van der Waals surface area contributed by atoms with Gasteiger partial charge in [0.15, 0.2) is 0 Å². The van der Waals surface area contributed by atoms with Crippen LogP contribution in [0.5, 0.6) is 0 Å². The van der Waals surface area contributed by atoms with Crippen molar-refractivity contribution in [2.75, 3.05) is 13.1 Å². The van der Waals surface area contributed by atoms with Crippen molar-refractivity contribution in [3.8, 4) is 0 Å². The molecule has 1 aliphatic heterocycles. The second-order valence-electron chi connectivity index (χ2n) is 5.81.